The average molecular weight is 352 g/mol. The van der Waals surface area contributed by atoms with E-state index in [9.17, 15) is 9.90 Å². The summed E-state index contributed by atoms with van der Waals surface area (Å²) < 4.78 is 5.97. The average Bonchev–Trinajstić information content (AvgIpc) is 2.63. The van der Waals surface area contributed by atoms with Crippen LogP contribution in [-0.2, 0) is 11.2 Å². The second-order valence-corrected chi connectivity index (χ2v) is 7.36. The van der Waals surface area contributed by atoms with E-state index in [4.69, 9.17) is 4.74 Å². The molecule has 1 saturated carbocycles. The molecule has 1 aliphatic carbocycles. The summed E-state index contributed by atoms with van der Waals surface area (Å²) in [7, 11) is 0. The molecule has 1 N–H and O–H groups in total. The third-order valence-electron chi connectivity index (χ3n) is 5.18. The smallest absolute Gasteiger partial charge is 0.133 e. The summed E-state index contributed by atoms with van der Waals surface area (Å²) in [6.07, 6.45) is 6.29. The van der Waals surface area contributed by atoms with E-state index >= 15 is 0 Å². The van der Waals surface area contributed by atoms with Gasteiger partial charge in [0.2, 0.25) is 0 Å². The Kier molecular flexibility index (Phi) is 6.32. The number of phenols is 1. The topological polar surface area (TPSA) is 46.5 Å². The minimum atomic E-state index is 0.0974. The Bertz CT molecular complexity index is 723. The van der Waals surface area contributed by atoms with Crippen molar-refractivity contribution in [3.8, 4) is 11.5 Å². The number of Topliss-reactive ketones (excluding diaryl/α,β-unsaturated/α-hetero) is 1. The van der Waals surface area contributed by atoms with Gasteiger partial charge in [-0.25, -0.2) is 0 Å². The molecule has 0 bridgehead atoms. The van der Waals surface area contributed by atoms with Gasteiger partial charge in [-0.2, -0.15) is 0 Å². The molecule has 3 heteroatoms. The lowest BCUT2D eigenvalue weighted by Crippen LogP contribution is -2.14. The van der Waals surface area contributed by atoms with Crippen molar-refractivity contribution in [2.75, 3.05) is 0 Å². The monoisotopic (exact) mass is 352 g/mol. The molecule has 26 heavy (non-hydrogen) atoms. The van der Waals surface area contributed by atoms with Crippen LogP contribution in [0.5, 0.6) is 11.5 Å². The number of carbonyl (C=O) groups is 1. The standard InChI is InChI=1S/C23H28O3/c1-17(7-5-10-18-8-3-2-4-9-18)26-21-13-14-22(23(25)16-21)19-11-6-12-20(24)15-19/h2-4,8-9,13-14,16-17,19,25H,5-7,10-12,15H2,1H3. The van der Waals surface area contributed by atoms with E-state index in [1.54, 1.807) is 6.07 Å². The molecule has 0 radical (unpaired) electrons. The van der Waals surface area contributed by atoms with Gasteiger partial charge in [-0.1, -0.05) is 36.4 Å². The molecule has 2 aromatic rings. The van der Waals surface area contributed by atoms with Crippen molar-refractivity contribution in [3.05, 3.63) is 59.7 Å². The van der Waals surface area contributed by atoms with Crippen LogP contribution in [0.4, 0.5) is 0 Å². The highest BCUT2D eigenvalue weighted by atomic mass is 16.5. The highest BCUT2D eigenvalue weighted by molar-refractivity contribution is 5.80. The zero-order valence-corrected chi connectivity index (χ0v) is 15.5. The molecule has 0 spiro atoms. The summed E-state index contributed by atoms with van der Waals surface area (Å²) in [5.74, 6) is 1.39. The first kappa shape index (κ1) is 18.5. The number of hydrogen-bond acceptors (Lipinski definition) is 3. The van der Waals surface area contributed by atoms with E-state index in [0.29, 0.717) is 24.4 Å². The molecule has 3 rings (SSSR count). The zero-order valence-electron chi connectivity index (χ0n) is 15.5. The normalized spacial score (nSPS) is 18.5. The molecule has 0 heterocycles. The van der Waals surface area contributed by atoms with Gasteiger partial charge in [0, 0.05) is 18.9 Å². The van der Waals surface area contributed by atoms with Crippen LogP contribution in [-0.4, -0.2) is 17.0 Å². The maximum atomic E-state index is 11.7. The van der Waals surface area contributed by atoms with Crippen LogP contribution < -0.4 is 4.74 Å². The van der Waals surface area contributed by atoms with Gasteiger partial charge >= 0.3 is 0 Å². The number of aryl methyl sites for hydroxylation is 1. The number of rotatable bonds is 7. The largest absolute Gasteiger partial charge is 0.508 e. The van der Waals surface area contributed by atoms with Crippen LogP contribution in [0.1, 0.15) is 62.5 Å². The molecule has 3 nitrogen and oxygen atoms in total. The SMILES string of the molecule is CC(CCCc1ccccc1)Oc1ccc(C2CCCC(=O)C2)c(O)c1. The van der Waals surface area contributed by atoms with Crippen molar-refractivity contribution >= 4 is 5.78 Å². The lowest BCUT2D eigenvalue weighted by molar-refractivity contribution is -0.120. The van der Waals surface area contributed by atoms with Crippen LogP contribution in [0, 0.1) is 0 Å². The second-order valence-electron chi connectivity index (χ2n) is 7.36. The molecule has 138 valence electrons. The van der Waals surface area contributed by atoms with Crippen molar-refractivity contribution in [1.82, 2.24) is 0 Å². The summed E-state index contributed by atoms with van der Waals surface area (Å²) >= 11 is 0. The Hall–Kier alpha value is -2.29. The van der Waals surface area contributed by atoms with Crippen LogP contribution >= 0.6 is 0 Å². The number of aromatic hydroxyl groups is 1. The number of ketones is 1. The van der Waals surface area contributed by atoms with Gasteiger partial charge < -0.3 is 9.84 Å². The molecule has 2 atom stereocenters. The zero-order chi connectivity index (χ0) is 18.4. The Morgan fingerprint density at radius 1 is 1.19 bits per heavy atom. The van der Waals surface area contributed by atoms with Gasteiger partial charge in [-0.15, -0.1) is 0 Å². The van der Waals surface area contributed by atoms with Gasteiger partial charge in [-0.3, -0.25) is 4.79 Å². The van der Waals surface area contributed by atoms with E-state index in [0.717, 1.165) is 37.7 Å². The number of hydrogen-bond donors (Lipinski definition) is 1. The van der Waals surface area contributed by atoms with Crippen molar-refractivity contribution < 1.29 is 14.6 Å². The van der Waals surface area contributed by atoms with E-state index in [1.165, 1.54) is 5.56 Å². The fourth-order valence-corrected chi connectivity index (χ4v) is 3.76. The van der Waals surface area contributed by atoms with Gasteiger partial charge in [0.15, 0.2) is 0 Å². The molecular weight excluding hydrogens is 324 g/mol. The summed E-state index contributed by atoms with van der Waals surface area (Å²) in [5, 5.41) is 10.4. The van der Waals surface area contributed by atoms with Crippen molar-refractivity contribution in [1.29, 1.82) is 0 Å². The minimum Gasteiger partial charge on any atom is -0.508 e. The summed E-state index contributed by atoms with van der Waals surface area (Å²) in [6.45, 7) is 2.07. The van der Waals surface area contributed by atoms with Gasteiger partial charge in [-0.05, 0) is 62.1 Å². The van der Waals surface area contributed by atoms with Crippen LogP contribution in [0.15, 0.2) is 48.5 Å². The maximum Gasteiger partial charge on any atom is 0.133 e. The third-order valence-corrected chi connectivity index (χ3v) is 5.18. The fraction of sp³-hybridized carbons (Fsp3) is 0.435. The van der Waals surface area contributed by atoms with Crippen molar-refractivity contribution in [2.45, 2.75) is 63.9 Å². The number of ether oxygens (including phenoxy) is 1. The van der Waals surface area contributed by atoms with E-state index in [-0.39, 0.29) is 17.8 Å². The van der Waals surface area contributed by atoms with E-state index < -0.39 is 0 Å². The Morgan fingerprint density at radius 3 is 2.73 bits per heavy atom. The molecule has 1 fully saturated rings. The summed E-state index contributed by atoms with van der Waals surface area (Å²) in [6, 6.07) is 16.0. The predicted molar refractivity (Wildman–Crippen MR) is 104 cm³/mol. The predicted octanol–water partition coefficient (Wildman–Crippen LogP) is 5.41. The van der Waals surface area contributed by atoms with Crippen LogP contribution in [0.3, 0.4) is 0 Å². The lowest BCUT2D eigenvalue weighted by atomic mass is 9.83. The Morgan fingerprint density at radius 2 is 2.00 bits per heavy atom. The molecule has 0 aliphatic heterocycles. The number of benzene rings is 2. The number of phenolic OH excluding ortho intramolecular Hbond substituents is 1. The van der Waals surface area contributed by atoms with Crippen molar-refractivity contribution in [2.24, 2.45) is 0 Å². The molecule has 0 amide bonds. The van der Waals surface area contributed by atoms with Crippen molar-refractivity contribution in [3.63, 3.8) is 0 Å². The van der Waals surface area contributed by atoms with Gasteiger partial charge in [0.05, 0.1) is 6.10 Å². The Labute approximate surface area is 156 Å². The molecule has 2 aromatic carbocycles. The summed E-state index contributed by atoms with van der Waals surface area (Å²) in [5.41, 5.74) is 2.23. The van der Waals surface area contributed by atoms with E-state index in [1.807, 2.05) is 18.2 Å². The van der Waals surface area contributed by atoms with Gasteiger partial charge in [0.25, 0.3) is 0 Å². The van der Waals surface area contributed by atoms with Gasteiger partial charge in [0.1, 0.15) is 17.3 Å². The first-order valence-corrected chi connectivity index (χ1v) is 9.67. The molecule has 0 aromatic heterocycles. The quantitative estimate of drug-likeness (QED) is 0.725. The molecule has 2 unspecified atom stereocenters. The second kappa shape index (κ2) is 8.88. The highest BCUT2D eigenvalue weighted by Gasteiger charge is 2.23. The van der Waals surface area contributed by atoms with Crippen LogP contribution in [0.2, 0.25) is 0 Å². The third kappa shape index (κ3) is 5.10. The first-order chi connectivity index (χ1) is 12.6. The van der Waals surface area contributed by atoms with Crippen LogP contribution in [0.25, 0.3) is 0 Å². The minimum absolute atomic E-state index is 0.0974. The first-order valence-electron chi connectivity index (χ1n) is 9.67. The lowest BCUT2D eigenvalue weighted by Gasteiger charge is -2.22. The Balaban J connectivity index is 1.51. The van der Waals surface area contributed by atoms with E-state index in [2.05, 4.69) is 31.2 Å². The summed E-state index contributed by atoms with van der Waals surface area (Å²) in [4.78, 5) is 11.7. The highest BCUT2D eigenvalue weighted by Crippen LogP contribution is 2.37. The molecule has 0 saturated heterocycles. The maximum absolute atomic E-state index is 11.7. The molecule has 1 aliphatic rings. The molecular formula is C23H28O3. The fourth-order valence-electron chi connectivity index (χ4n) is 3.76. The number of carbonyl (C=O) groups excluding carboxylic acids is 1.